The second-order valence-electron chi connectivity index (χ2n) is 7.20. The molecule has 154 valence electrons. The molecule has 0 radical (unpaired) electrons. The number of benzene rings is 1. The number of piperidine rings is 1. The van der Waals surface area contributed by atoms with Crippen molar-refractivity contribution in [3.63, 3.8) is 0 Å². The lowest BCUT2D eigenvalue weighted by molar-refractivity contribution is -0.127. The highest BCUT2D eigenvalue weighted by Gasteiger charge is 2.28. The van der Waals surface area contributed by atoms with E-state index in [-0.39, 0.29) is 27.3 Å². The molecule has 0 aromatic heterocycles. The molecular formula is C19H26ClN3O4S. The zero-order valence-corrected chi connectivity index (χ0v) is 17.4. The molecule has 2 fully saturated rings. The van der Waals surface area contributed by atoms with E-state index in [4.69, 9.17) is 11.6 Å². The van der Waals surface area contributed by atoms with E-state index in [9.17, 15) is 18.0 Å². The summed E-state index contributed by atoms with van der Waals surface area (Å²) in [4.78, 5) is 25.8. The number of nitrogens with one attached hydrogen (secondary N) is 1. The van der Waals surface area contributed by atoms with E-state index in [1.165, 1.54) is 22.5 Å². The van der Waals surface area contributed by atoms with Crippen LogP contribution in [0.5, 0.6) is 0 Å². The summed E-state index contributed by atoms with van der Waals surface area (Å²) in [6, 6.07) is 4.33. The van der Waals surface area contributed by atoms with E-state index < -0.39 is 10.0 Å². The number of nitrogens with zero attached hydrogens (tertiary/aromatic N) is 2. The number of rotatable bonds is 7. The van der Waals surface area contributed by atoms with Crippen LogP contribution in [0.2, 0.25) is 5.02 Å². The molecule has 0 aliphatic carbocycles. The third kappa shape index (κ3) is 4.85. The van der Waals surface area contributed by atoms with Gasteiger partial charge in [0.15, 0.2) is 0 Å². The van der Waals surface area contributed by atoms with E-state index >= 15 is 0 Å². The Balaban J connectivity index is 1.61. The van der Waals surface area contributed by atoms with Gasteiger partial charge in [0, 0.05) is 44.7 Å². The van der Waals surface area contributed by atoms with E-state index in [0.717, 1.165) is 32.2 Å². The van der Waals surface area contributed by atoms with Gasteiger partial charge in [-0.15, -0.1) is 0 Å². The van der Waals surface area contributed by atoms with Crippen LogP contribution in [-0.2, 0) is 14.8 Å². The minimum absolute atomic E-state index is 0.0219. The molecule has 9 heteroatoms. The Morgan fingerprint density at radius 2 is 1.86 bits per heavy atom. The molecule has 7 nitrogen and oxygen atoms in total. The minimum atomic E-state index is -3.71. The monoisotopic (exact) mass is 427 g/mol. The molecule has 0 spiro atoms. The fourth-order valence-electron chi connectivity index (χ4n) is 3.60. The molecule has 2 amide bonds. The van der Waals surface area contributed by atoms with Gasteiger partial charge in [0.25, 0.3) is 5.91 Å². The molecular weight excluding hydrogens is 402 g/mol. The fourth-order valence-corrected chi connectivity index (χ4v) is 5.62. The van der Waals surface area contributed by atoms with Crippen molar-refractivity contribution in [3.8, 4) is 0 Å². The highest BCUT2D eigenvalue weighted by Crippen LogP contribution is 2.27. The van der Waals surface area contributed by atoms with Crippen molar-refractivity contribution in [1.29, 1.82) is 0 Å². The van der Waals surface area contributed by atoms with E-state index in [0.29, 0.717) is 39.0 Å². The number of amides is 2. The average molecular weight is 428 g/mol. The van der Waals surface area contributed by atoms with Crippen LogP contribution in [0.25, 0.3) is 0 Å². The summed E-state index contributed by atoms with van der Waals surface area (Å²) in [7, 11) is -3.71. The zero-order chi connectivity index (χ0) is 20.1. The van der Waals surface area contributed by atoms with Gasteiger partial charge >= 0.3 is 0 Å². The predicted molar refractivity (Wildman–Crippen MR) is 107 cm³/mol. The minimum Gasteiger partial charge on any atom is -0.352 e. The topological polar surface area (TPSA) is 86.8 Å². The van der Waals surface area contributed by atoms with Gasteiger partial charge in [-0.1, -0.05) is 18.0 Å². The number of sulfonamides is 1. The number of hydrogen-bond acceptors (Lipinski definition) is 4. The van der Waals surface area contributed by atoms with Crippen molar-refractivity contribution in [2.45, 2.75) is 43.4 Å². The Bertz CT molecular complexity index is 838. The van der Waals surface area contributed by atoms with Crippen LogP contribution in [0, 0.1) is 0 Å². The predicted octanol–water partition coefficient (Wildman–Crippen LogP) is 2.26. The Hall–Kier alpha value is -1.64. The van der Waals surface area contributed by atoms with Crippen LogP contribution in [0.1, 0.15) is 48.9 Å². The fraction of sp³-hybridized carbons (Fsp3) is 0.579. The molecule has 1 aromatic carbocycles. The van der Waals surface area contributed by atoms with E-state index in [2.05, 4.69) is 5.32 Å². The van der Waals surface area contributed by atoms with Crippen LogP contribution < -0.4 is 5.32 Å². The Morgan fingerprint density at radius 1 is 1.11 bits per heavy atom. The first-order chi connectivity index (χ1) is 13.4. The molecule has 1 aromatic rings. The highest BCUT2D eigenvalue weighted by atomic mass is 35.5. The maximum Gasteiger partial charge on any atom is 0.251 e. The molecule has 28 heavy (non-hydrogen) atoms. The van der Waals surface area contributed by atoms with Crippen molar-refractivity contribution < 1.29 is 18.0 Å². The first-order valence-electron chi connectivity index (χ1n) is 9.75. The summed E-state index contributed by atoms with van der Waals surface area (Å²) in [5, 5.41) is 2.91. The second kappa shape index (κ2) is 9.24. The standard InChI is InChI=1S/C19H26ClN3O4S/c20-16-8-7-15(14-17(16)28(26,27)23-12-2-1-3-13-23)19(25)21-9-5-11-22-10-4-6-18(22)24/h7-8,14H,1-6,9-13H2,(H,21,25). The quantitative estimate of drug-likeness (QED) is 0.676. The Labute approximate surface area is 171 Å². The lowest BCUT2D eigenvalue weighted by Gasteiger charge is -2.26. The molecule has 2 aliphatic heterocycles. The lowest BCUT2D eigenvalue weighted by atomic mass is 10.2. The third-order valence-corrected chi connectivity index (χ3v) is 7.57. The van der Waals surface area contributed by atoms with E-state index in [1.807, 2.05) is 0 Å². The second-order valence-corrected chi connectivity index (χ2v) is 9.52. The first-order valence-corrected chi connectivity index (χ1v) is 11.6. The third-order valence-electron chi connectivity index (χ3n) is 5.19. The summed E-state index contributed by atoms with van der Waals surface area (Å²) in [6.07, 6.45) is 4.83. The lowest BCUT2D eigenvalue weighted by Crippen LogP contribution is -2.36. The van der Waals surface area contributed by atoms with Gasteiger partial charge < -0.3 is 10.2 Å². The van der Waals surface area contributed by atoms with Crippen molar-refractivity contribution >= 4 is 33.4 Å². The van der Waals surface area contributed by atoms with Crippen molar-refractivity contribution in [2.24, 2.45) is 0 Å². The van der Waals surface area contributed by atoms with Gasteiger partial charge in [-0.3, -0.25) is 9.59 Å². The summed E-state index contributed by atoms with van der Waals surface area (Å²) >= 11 is 6.14. The molecule has 1 N–H and O–H groups in total. The average Bonchev–Trinajstić information content (AvgIpc) is 3.10. The summed E-state index contributed by atoms with van der Waals surface area (Å²) in [5.74, 6) is -0.184. The van der Waals surface area contributed by atoms with Crippen LogP contribution in [0.3, 0.4) is 0 Å². The smallest absolute Gasteiger partial charge is 0.251 e. The van der Waals surface area contributed by atoms with Crippen LogP contribution in [0.15, 0.2) is 23.1 Å². The molecule has 2 aliphatic rings. The van der Waals surface area contributed by atoms with Crippen molar-refractivity contribution in [3.05, 3.63) is 28.8 Å². The van der Waals surface area contributed by atoms with Gasteiger partial charge in [0.2, 0.25) is 15.9 Å². The molecule has 0 atom stereocenters. The van der Waals surface area contributed by atoms with Crippen molar-refractivity contribution in [1.82, 2.24) is 14.5 Å². The maximum atomic E-state index is 12.9. The highest BCUT2D eigenvalue weighted by molar-refractivity contribution is 7.89. The van der Waals surface area contributed by atoms with Crippen LogP contribution in [-0.4, -0.2) is 62.2 Å². The van der Waals surface area contributed by atoms with Gasteiger partial charge in [0.1, 0.15) is 4.90 Å². The van der Waals surface area contributed by atoms with Gasteiger partial charge in [-0.25, -0.2) is 8.42 Å². The van der Waals surface area contributed by atoms with E-state index in [1.54, 1.807) is 4.90 Å². The zero-order valence-electron chi connectivity index (χ0n) is 15.8. The summed E-state index contributed by atoms with van der Waals surface area (Å²) < 4.78 is 27.2. The summed E-state index contributed by atoms with van der Waals surface area (Å²) in [5.41, 5.74) is 0.261. The first kappa shape index (κ1) is 21.1. The number of likely N-dealkylation sites (tertiary alicyclic amines) is 1. The largest absolute Gasteiger partial charge is 0.352 e. The number of carbonyl (C=O) groups is 2. The Kier molecular flexibility index (Phi) is 6.95. The number of carbonyl (C=O) groups excluding carboxylic acids is 2. The van der Waals surface area contributed by atoms with Gasteiger partial charge in [-0.2, -0.15) is 4.31 Å². The maximum absolute atomic E-state index is 12.9. The van der Waals surface area contributed by atoms with Gasteiger partial charge in [-0.05, 0) is 43.9 Å². The Morgan fingerprint density at radius 3 is 2.54 bits per heavy atom. The van der Waals surface area contributed by atoms with Crippen LogP contribution in [0.4, 0.5) is 0 Å². The normalized spacial score (nSPS) is 18.5. The molecule has 0 saturated carbocycles. The number of halogens is 1. The molecule has 0 bridgehead atoms. The van der Waals surface area contributed by atoms with Gasteiger partial charge in [0.05, 0.1) is 5.02 Å². The molecule has 2 saturated heterocycles. The molecule has 2 heterocycles. The SMILES string of the molecule is O=C(NCCCN1CCCC1=O)c1ccc(Cl)c(S(=O)(=O)N2CCCCC2)c1. The number of hydrogen-bond donors (Lipinski definition) is 1. The molecule has 0 unspecified atom stereocenters. The van der Waals surface area contributed by atoms with Crippen molar-refractivity contribution in [2.75, 3.05) is 32.7 Å². The summed E-state index contributed by atoms with van der Waals surface area (Å²) in [6.45, 7) is 2.77. The van der Waals surface area contributed by atoms with Crippen LogP contribution >= 0.6 is 11.6 Å². The molecule has 3 rings (SSSR count).